The predicted molar refractivity (Wildman–Crippen MR) is 116 cm³/mol. The summed E-state index contributed by atoms with van der Waals surface area (Å²) >= 11 is 1.36. The lowest BCUT2D eigenvalue weighted by molar-refractivity contribution is -0.120. The number of carbonyl (C=O) groups excluding carboxylic acids is 1. The Bertz CT molecular complexity index is 989. The van der Waals surface area contributed by atoms with Crippen LogP contribution in [-0.4, -0.2) is 33.0 Å². The van der Waals surface area contributed by atoms with Crippen molar-refractivity contribution in [3.05, 3.63) is 59.9 Å². The molecule has 1 heterocycles. The lowest BCUT2D eigenvalue weighted by Gasteiger charge is -2.18. The summed E-state index contributed by atoms with van der Waals surface area (Å²) in [7, 11) is 1.63. The van der Waals surface area contributed by atoms with Crippen LogP contribution in [0.5, 0.6) is 5.75 Å². The van der Waals surface area contributed by atoms with Crippen LogP contribution in [-0.2, 0) is 11.3 Å². The fourth-order valence-electron chi connectivity index (χ4n) is 2.99. The molecule has 0 aliphatic carbocycles. The molecule has 0 spiro atoms. The van der Waals surface area contributed by atoms with Crippen LogP contribution in [0.1, 0.15) is 32.4 Å². The second kappa shape index (κ2) is 9.75. The zero-order chi connectivity index (χ0) is 21.7. The van der Waals surface area contributed by atoms with E-state index in [1.165, 1.54) is 23.9 Å². The summed E-state index contributed by atoms with van der Waals surface area (Å²) in [5, 5.41) is 11.9. The third-order valence-corrected chi connectivity index (χ3v) is 5.84. The molecule has 158 valence electrons. The minimum absolute atomic E-state index is 0.117. The van der Waals surface area contributed by atoms with Gasteiger partial charge in [0.2, 0.25) is 5.91 Å². The number of halogens is 1. The van der Waals surface area contributed by atoms with Crippen molar-refractivity contribution in [1.82, 2.24) is 20.1 Å². The lowest BCUT2D eigenvalue weighted by Crippen LogP contribution is -2.33. The van der Waals surface area contributed by atoms with Gasteiger partial charge in [-0.05, 0) is 62.7 Å². The number of amides is 1. The highest BCUT2D eigenvalue weighted by molar-refractivity contribution is 8.00. The molecule has 0 bridgehead atoms. The first-order chi connectivity index (χ1) is 14.4. The summed E-state index contributed by atoms with van der Waals surface area (Å²) in [5.41, 5.74) is 1.78. The van der Waals surface area contributed by atoms with E-state index in [1.54, 1.807) is 19.2 Å². The summed E-state index contributed by atoms with van der Waals surface area (Å²) in [6, 6.07) is 13.5. The minimum atomic E-state index is -0.369. The summed E-state index contributed by atoms with van der Waals surface area (Å²) < 4.78 is 20.3. The van der Waals surface area contributed by atoms with Crippen molar-refractivity contribution in [1.29, 1.82) is 0 Å². The summed E-state index contributed by atoms with van der Waals surface area (Å²) in [6.07, 6.45) is 0. The van der Waals surface area contributed by atoms with Gasteiger partial charge in [0.25, 0.3) is 0 Å². The van der Waals surface area contributed by atoms with Crippen LogP contribution in [0.4, 0.5) is 4.39 Å². The highest BCUT2D eigenvalue weighted by atomic mass is 32.2. The van der Waals surface area contributed by atoms with E-state index >= 15 is 0 Å². The van der Waals surface area contributed by atoms with E-state index in [1.807, 2.05) is 49.6 Å². The van der Waals surface area contributed by atoms with Crippen LogP contribution in [0, 0.1) is 5.82 Å². The molecule has 0 saturated carbocycles. The van der Waals surface area contributed by atoms with Crippen molar-refractivity contribution in [2.24, 2.45) is 0 Å². The molecule has 30 heavy (non-hydrogen) atoms. The molecule has 1 aromatic heterocycles. The number of rotatable bonds is 8. The number of carbonyl (C=O) groups is 1. The van der Waals surface area contributed by atoms with E-state index in [4.69, 9.17) is 4.74 Å². The first kappa shape index (κ1) is 21.8. The molecule has 0 aliphatic heterocycles. The first-order valence-corrected chi connectivity index (χ1v) is 10.6. The Morgan fingerprint density at radius 3 is 2.40 bits per heavy atom. The van der Waals surface area contributed by atoms with Gasteiger partial charge in [-0.25, -0.2) is 4.39 Å². The predicted octanol–water partition coefficient (Wildman–Crippen LogP) is 4.47. The lowest BCUT2D eigenvalue weighted by atomic mass is 10.1. The van der Waals surface area contributed by atoms with Crippen LogP contribution in [0.3, 0.4) is 0 Å². The molecule has 3 aromatic rings. The van der Waals surface area contributed by atoms with E-state index < -0.39 is 0 Å². The van der Waals surface area contributed by atoms with Gasteiger partial charge in [-0.2, -0.15) is 0 Å². The average Bonchev–Trinajstić information content (AvgIpc) is 3.16. The van der Waals surface area contributed by atoms with Gasteiger partial charge >= 0.3 is 0 Å². The highest BCUT2D eigenvalue weighted by Crippen LogP contribution is 2.28. The van der Waals surface area contributed by atoms with E-state index in [-0.39, 0.29) is 23.0 Å². The zero-order valence-electron chi connectivity index (χ0n) is 17.4. The zero-order valence-corrected chi connectivity index (χ0v) is 18.2. The Morgan fingerprint density at radius 2 is 1.80 bits per heavy atom. The number of aromatic nitrogens is 3. The van der Waals surface area contributed by atoms with Crippen LogP contribution < -0.4 is 10.1 Å². The molecule has 2 aromatic carbocycles. The number of methoxy groups -OCH3 is 1. The van der Waals surface area contributed by atoms with Gasteiger partial charge in [0.05, 0.1) is 18.4 Å². The monoisotopic (exact) mass is 428 g/mol. The normalized spacial score (nSPS) is 13.0. The third kappa shape index (κ3) is 4.99. The Labute approximate surface area is 179 Å². The maximum atomic E-state index is 13.1. The van der Waals surface area contributed by atoms with E-state index in [2.05, 4.69) is 15.5 Å². The Hall–Kier alpha value is -2.87. The molecule has 0 radical (unpaired) electrons. The van der Waals surface area contributed by atoms with Crippen LogP contribution in [0.25, 0.3) is 11.4 Å². The largest absolute Gasteiger partial charge is 0.497 e. The Balaban J connectivity index is 1.69. The molecule has 0 unspecified atom stereocenters. The minimum Gasteiger partial charge on any atom is -0.497 e. The number of nitrogens with zero attached hydrogens (tertiary/aromatic N) is 3. The van der Waals surface area contributed by atoms with E-state index in [9.17, 15) is 9.18 Å². The number of hydrogen-bond donors (Lipinski definition) is 1. The SMILES string of the molecule is CCn1c(S[C@H](C)C(=O)N[C@H](C)c2ccc(F)cc2)nnc1-c1ccc(OC)cc1. The summed E-state index contributed by atoms with van der Waals surface area (Å²) in [5.74, 6) is 1.10. The van der Waals surface area contributed by atoms with Gasteiger partial charge in [-0.15, -0.1) is 10.2 Å². The van der Waals surface area contributed by atoms with Gasteiger partial charge in [0.15, 0.2) is 11.0 Å². The smallest absolute Gasteiger partial charge is 0.233 e. The molecule has 2 atom stereocenters. The average molecular weight is 429 g/mol. The highest BCUT2D eigenvalue weighted by Gasteiger charge is 2.21. The fraction of sp³-hybridized carbons (Fsp3) is 0.318. The van der Waals surface area contributed by atoms with Crippen molar-refractivity contribution in [2.75, 3.05) is 7.11 Å². The number of hydrogen-bond acceptors (Lipinski definition) is 5. The van der Waals surface area contributed by atoms with Gasteiger partial charge < -0.3 is 14.6 Å². The maximum Gasteiger partial charge on any atom is 0.233 e. The molecule has 3 rings (SSSR count). The first-order valence-electron chi connectivity index (χ1n) is 9.73. The molecular weight excluding hydrogens is 403 g/mol. The topological polar surface area (TPSA) is 69.0 Å². The maximum absolute atomic E-state index is 13.1. The Kier molecular flexibility index (Phi) is 7.10. The molecular formula is C22H25FN4O2S. The quantitative estimate of drug-likeness (QED) is 0.536. The second-order valence-electron chi connectivity index (χ2n) is 6.82. The van der Waals surface area contributed by atoms with Crippen LogP contribution in [0.15, 0.2) is 53.7 Å². The molecule has 1 N–H and O–H groups in total. The number of benzene rings is 2. The molecule has 0 saturated heterocycles. The number of ether oxygens (including phenoxy) is 1. The van der Waals surface area contributed by atoms with Crippen molar-refractivity contribution in [3.63, 3.8) is 0 Å². The fourth-order valence-corrected chi connectivity index (χ4v) is 3.91. The van der Waals surface area contributed by atoms with Gasteiger partial charge in [0, 0.05) is 12.1 Å². The molecule has 0 aliphatic rings. The summed E-state index contributed by atoms with van der Waals surface area (Å²) in [4.78, 5) is 12.7. The van der Waals surface area contributed by atoms with Crippen molar-refractivity contribution < 1.29 is 13.9 Å². The second-order valence-corrected chi connectivity index (χ2v) is 8.13. The number of thioether (sulfide) groups is 1. The van der Waals surface area contributed by atoms with Crippen LogP contribution in [0.2, 0.25) is 0 Å². The standard InChI is InChI=1S/C22H25FN4O2S/c1-5-27-20(17-8-12-19(29-4)13-9-17)25-26-22(27)30-15(3)21(28)24-14(2)16-6-10-18(23)11-7-16/h6-15H,5H2,1-4H3,(H,24,28)/t14-,15-/m1/s1. The Morgan fingerprint density at radius 1 is 1.13 bits per heavy atom. The van der Waals surface area contributed by atoms with Gasteiger partial charge in [-0.3, -0.25) is 4.79 Å². The van der Waals surface area contributed by atoms with Gasteiger partial charge in [0.1, 0.15) is 11.6 Å². The van der Waals surface area contributed by atoms with Crippen molar-refractivity contribution in [2.45, 2.75) is 43.8 Å². The number of nitrogens with one attached hydrogen (secondary N) is 1. The van der Waals surface area contributed by atoms with Gasteiger partial charge in [-0.1, -0.05) is 23.9 Å². The van der Waals surface area contributed by atoms with Crippen molar-refractivity contribution >= 4 is 17.7 Å². The third-order valence-electron chi connectivity index (χ3n) is 4.76. The van der Waals surface area contributed by atoms with Crippen molar-refractivity contribution in [3.8, 4) is 17.1 Å². The van der Waals surface area contributed by atoms with Crippen LogP contribution >= 0.6 is 11.8 Å². The molecule has 0 fully saturated rings. The van der Waals surface area contributed by atoms with E-state index in [0.29, 0.717) is 11.7 Å². The molecule has 1 amide bonds. The molecule has 8 heteroatoms. The molecule has 6 nitrogen and oxygen atoms in total. The summed E-state index contributed by atoms with van der Waals surface area (Å²) in [6.45, 7) is 6.40. The van der Waals surface area contributed by atoms with E-state index in [0.717, 1.165) is 22.7 Å².